The van der Waals surface area contributed by atoms with Crippen molar-refractivity contribution in [1.82, 2.24) is 5.32 Å². The molecule has 2 nitrogen and oxygen atoms in total. The lowest BCUT2D eigenvalue weighted by molar-refractivity contribution is 0.295. The highest BCUT2D eigenvalue weighted by Gasteiger charge is 2.30. The molecule has 0 heterocycles. The lowest BCUT2D eigenvalue weighted by atomic mass is 9.86. The molecule has 21 heavy (non-hydrogen) atoms. The number of halogens is 1. The van der Waals surface area contributed by atoms with Crippen LogP contribution in [-0.4, -0.2) is 19.7 Å². The molecule has 2 rings (SSSR count). The third kappa shape index (κ3) is 4.19. The largest absolute Gasteiger partial charge is 0.494 e. The van der Waals surface area contributed by atoms with Crippen molar-refractivity contribution in [3.63, 3.8) is 0 Å². The zero-order valence-electron chi connectivity index (χ0n) is 13.5. The summed E-state index contributed by atoms with van der Waals surface area (Å²) < 4.78 is 18.9. The van der Waals surface area contributed by atoms with Crippen LogP contribution in [0.2, 0.25) is 0 Å². The van der Waals surface area contributed by atoms with Gasteiger partial charge in [-0.05, 0) is 55.3 Å². The molecule has 0 aromatic heterocycles. The van der Waals surface area contributed by atoms with E-state index in [0.717, 1.165) is 30.9 Å². The average Bonchev–Trinajstić information content (AvgIpc) is 2.90. The molecular weight excluding hydrogens is 265 g/mol. The molecule has 0 radical (unpaired) electrons. The minimum atomic E-state index is -0.260. The van der Waals surface area contributed by atoms with Crippen molar-refractivity contribution in [3.8, 4) is 5.75 Å². The summed E-state index contributed by atoms with van der Waals surface area (Å²) in [6, 6.07) is 5.80. The average molecular weight is 293 g/mol. The monoisotopic (exact) mass is 293 g/mol. The van der Waals surface area contributed by atoms with E-state index in [4.69, 9.17) is 4.74 Å². The van der Waals surface area contributed by atoms with Crippen molar-refractivity contribution in [2.24, 2.45) is 11.8 Å². The normalized spacial score (nSPS) is 23.2. The highest BCUT2D eigenvalue weighted by molar-refractivity contribution is 5.29. The summed E-state index contributed by atoms with van der Waals surface area (Å²) >= 11 is 0. The summed E-state index contributed by atoms with van der Waals surface area (Å²) in [7, 11) is 1.50. The first kappa shape index (κ1) is 16.3. The summed E-state index contributed by atoms with van der Waals surface area (Å²) in [6.45, 7) is 5.58. The molecule has 0 amide bonds. The van der Waals surface area contributed by atoms with Gasteiger partial charge in [-0.3, -0.25) is 0 Å². The van der Waals surface area contributed by atoms with Crippen LogP contribution >= 0.6 is 0 Å². The van der Waals surface area contributed by atoms with Crippen LogP contribution in [0.5, 0.6) is 5.75 Å². The molecule has 0 saturated heterocycles. The second kappa shape index (κ2) is 7.79. The van der Waals surface area contributed by atoms with Gasteiger partial charge in [0.1, 0.15) is 0 Å². The van der Waals surface area contributed by atoms with Crippen LogP contribution in [0.1, 0.15) is 45.1 Å². The zero-order chi connectivity index (χ0) is 15.2. The topological polar surface area (TPSA) is 21.3 Å². The standard InChI is InChI=1S/C18H28FNO/c1-4-10-20-17(15-7-5-6-13(15)2)12-14-8-9-18(21-3)16(19)11-14/h8-9,11,13,15,17,20H,4-7,10,12H2,1-3H3. The van der Waals surface area contributed by atoms with Crippen molar-refractivity contribution in [2.45, 2.75) is 52.0 Å². The first-order valence-corrected chi connectivity index (χ1v) is 8.21. The Bertz CT molecular complexity index is 449. The van der Waals surface area contributed by atoms with E-state index in [9.17, 15) is 4.39 Å². The van der Waals surface area contributed by atoms with Crippen LogP contribution in [0.4, 0.5) is 4.39 Å². The van der Waals surface area contributed by atoms with Crippen LogP contribution in [0.15, 0.2) is 18.2 Å². The van der Waals surface area contributed by atoms with Crippen molar-refractivity contribution in [2.75, 3.05) is 13.7 Å². The predicted molar refractivity (Wildman–Crippen MR) is 85.2 cm³/mol. The SMILES string of the molecule is CCCNC(Cc1ccc(OC)c(F)c1)C1CCCC1C. The molecule has 1 aliphatic carbocycles. The van der Waals surface area contributed by atoms with Crippen LogP contribution in [-0.2, 0) is 6.42 Å². The number of hydrogen-bond acceptors (Lipinski definition) is 2. The molecule has 3 atom stereocenters. The maximum atomic E-state index is 13.9. The van der Waals surface area contributed by atoms with Crippen LogP contribution in [0, 0.1) is 17.7 Å². The third-order valence-corrected chi connectivity index (χ3v) is 4.77. The number of nitrogens with one attached hydrogen (secondary N) is 1. The third-order valence-electron chi connectivity index (χ3n) is 4.77. The van der Waals surface area contributed by atoms with Gasteiger partial charge in [-0.25, -0.2) is 4.39 Å². The van der Waals surface area contributed by atoms with Crippen LogP contribution in [0.25, 0.3) is 0 Å². The molecule has 118 valence electrons. The number of methoxy groups -OCH3 is 1. The maximum Gasteiger partial charge on any atom is 0.165 e. The predicted octanol–water partition coefficient (Wildman–Crippen LogP) is 4.18. The molecule has 1 aliphatic rings. The zero-order valence-corrected chi connectivity index (χ0v) is 13.5. The van der Waals surface area contributed by atoms with E-state index in [0.29, 0.717) is 17.7 Å². The van der Waals surface area contributed by atoms with E-state index in [2.05, 4.69) is 19.2 Å². The van der Waals surface area contributed by atoms with Gasteiger partial charge in [-0.2, -0.15) is 0 Å². The second-order valence-electron chi connectivity index (χ2n) is 6.31. The van der Waals surface area contributed by atoms with Gasteiger partial charge in [0.05, 0.1) is 7.11 Å². The first-order chi connectivity index (χ1) is 10.2. The smallest absolute Gasteiger partial charge is 0.165 e. The van der Waals surface area contributed by atoms with Gasteiger partial charge in [0.2, 0.25) is 0 Å². The highest BCUT2D eigenvalue weighted by Crippen LogP contribution is 2.35. The fourth-order valence-corrected chi connectivity index (χ4v) is 3.57. The van der Waals surface area contributed by atoms with Gasteiger partial charge < -0.3 is 10.1 Å². The van der Waals surface area contributed by atoms with Crippen molar-refractivity contribution in [3.05, 3.63) is 29.6 Å². The van der Waals surface area contributed by atoms with E-state index in [1.165, 1.54) is 26.4 Å². The van der Waals surface area contributed by atoms with Crippen molar-refractivity contribution < 1.29 is 9.13 Å². The fourth-order valence-electron chi connectivity index (χ4n) is 3.57. The molecular formula is C18H28FNO. The minimum Gasteiger partial charge on any atom is -0.494 e. The van der Waals surface area contributed by atoms with Crippen LogP contribution in [0.3, 0.4) is 0 Å². The number of benzene rings is 1. The van der Waals surface area contributed by atoms with Gasteiger partial charge in [0, 0.05) is 6.04 Å². The summed E-state index contributed by atoms with van der Waals surface area (Å²) in [5, 5.41) is 3.68. The second-order valence-corrected chi connectivity index (χ2v) is 6.31. The van der Waals surface area contributed by atoms with Gasteiger partial charge in [-0.15, -0.1) is 0 Å². The molecule has 0 bridgehead atoms. The minimum absolute atomic E-state index is 0.260. The Morgan fingerprint density at radius 2 is 2.19 bits per heavy atom. The van der Waals surface area contributed by atoms with Gasteiger partial charge >= 0.3 is 0 Å². The lowest BCUT2D eigenvalue weighted by Gasteiger charge is -2.28. The number of hydrogen-bond donors (Lipinski definition) is 1. The van der Waals surface area contributed by atoms with Crippen molar-refractivity contribution in [1.29, 1.82) is 0 Å². The van der Waals surface area contributed by atoms with E-state index >= 15 is 0 Å². The lowest BCUT2D eigenvalue weighted by Crippen LogP contribution is -2.39. The van der Waals surface area contributed by atoms with Gasteiger partial charge in [0.25, 0.3) is 0 Å². The summed E-state index contributed by atoms with van der Waals surface area (Å²) in [6.07, 6.45) is 5.98. The molecule has 3 unspecified atom stereocenters. The number of rotatable bonds is 7. The number of ether oxygens (including phenoxy) is 1. The Hall–Kier alpha value is -1.09. The van der Waals surface area contributed by atoms with E-state index in [-0.39, 0.29) is 5.82 Å². The molecule has 1 N–H and O–H groups in total. The first-order valence-electron chi connectivity index (χ1n) is 8.21. The van der Waals surface area contributed by atoms with Crippen molar-refractivity contribution >= 4 is 0 Å². The fraction of sp³-hybridized carbons (Fsp3) is 0.667. The molecule has 1 aromatic carbocycles. The Morgan fingerprint density at radius 3 is 2.76 bits per heavy atom. The Kier molecular flexibility index (Phi) is 6.04. The Morgan fingerprint density at radius 1 is 1.38 bits per heavy atom. The summed E-state index contributed by atoms with van der Waals surface area (Å²) in [5.41, 5.74) is 1.06. The van der Waals surface area contributed by atoms with Gasteiger partial charge in [-0.1, -0.05) is 32.8 Å². The Balaban J connectivity index is 2.08. The molecule has 0 aliphatic heterocycles. The molecule has 0 spiro atoms. The molecule has 1 saturated carbocycles. The van der Waals surface area contributed by atoms with E-state index in [1.807, 2.05) is 6.07 Å². The Labute approximate surface area is 128 Å². The molecule has 1 fully saturated rings. The summed E-state index contributed by atoms with van der Waals surface area (Å²) in [5.74, 6) is 1.54. The molecule has 3 heteroatoms. The maximum absolute atomic E-state index is 13.9. The quantitative estimate of drug-likeness (QED) is 0.814. The molecule has 1 aromatic rings. The van der Waals surface area contributed by atoms with E-state index in [1.54, 1.807) is 12.1 Å². The van der Waals surface area contributed by atoms with Gasteiger partial charge in [0.15, 0.2) is 11.6 Å². The highest BCUT2D eigenvalue weighted by atomic mass is 19.1. The van der Waals surface area contributed by atoms with Crippen LogP contribution < -0.4 is 10.1 Å². The van der Waals surface area contributed by atoms with E-state index < -0.39 is 0 Å². The summed E-state index contributed by atoms with van der Waals surface area (Å²) in [4.78, 5) is 0.